The molecule has 1 aliphatic rings. The van der Waals surface area contributed by atoms with E-state index in [-0.39, 0.29) is 0 Å². The molecule has 0 aliphatic carbocycles. The van der Waals surface area contributed by atoms with Gasteiger partial charge in [-0.25, -0.2) is 0 Å². The molecule has 1 aromatic rings. The normalized spacial score (nSPS) is 19.8. The van der Waals surface area contributed by atoms with Crippen LogP contribution in [-0.2, 0) is 17.9 Å². The number of likely N-dealkylation sites (tertiary alicyclic amines) is 1. The zero-order chi connectivity index (χ0) is 13.7. The van der Waals surface area contributed by atoms with Crippen LogP contribution in [0.15, 0.2) is 24.3 Å². The van der Waals surface area contributed by atoms with Gasteiger partial charge in [0.1, 0.15) is 5.78 Å². The molecule has 3 heteroatoms. The van der Waals surface area contributed by atoms with E-state index in [0.717, 1.165) is 39.0 Å². The molecule has 1 atom stereocenters. The fourth-order valence-electron chi connectivity index (χ4n) is 2.85. The molecule has 1 heterocycles. The van der Waals surface area contributed by atoms with Crippen LogP contribution in [0.1, 0.15) is 30.9 Å². The molecular weight excluding hydrogens is 236 g/mol. The zero-order valence-corrected chi connectivity index (χ0v) is 12.0. The maximum Gasteiger partial charge on any atom is 0.130 e. The number of nitrogens with one attached hydrogen (secondary N) is 1. The quantitative estimate of drug-likeness (QED) is 0.851. The van der Waals surface area contributed by atoms with E-state index < -0.39 is 0 Å². The van der Waals surface area contributed by atoms with Gasteiger partial charge in [-0.3, -0.25) is 4.90 Å². The van der Waals surface area contributed by atoms with Gasteiger partial charge in [0.2, 0.25) is 0 Å². The highest BCUT2D eigenvalue weighted by Crippen LogP contribution is 2.21. The van der Waals surface area contributed by atoms with E-state index in [4.69, 9.17) is 0 Å². The third-order valence-corrected chi connectivity index (χ3v) is 3.76. The topological polar surface area (TPSA) is 32.3 Å². The first-order valence-electron chi connectivity index (χ1n) is 7.11. The van der Waals surface area contributed by atoms with Crippen molar-refractivity contribution in [3.05, 3.63) is 35.4 Å². The Morgan fingerprint density at radius 3 is 2.63 bits per heavy atom. The predicted octanol–water partition coefficient (Wildman–Crippen LogP) is 2.21. The number of rotatable bonds is 6. The Balaban J connectivity index is 1.83. The summed E-state index contributed by atoms with van der Waals surface area (Å²) in [6.07, 6.45) is 1.91. The minimum absolute atomic E-state index is 0.322. The molecule has 1 N–H and O–H groups in total. The average molecular weight is 260 g/mol. The second-order valence-electron chi connectivity index (χ2n) is 5.64. The van der Waals surface area contributed by atoms with Gasteiger partial charge in [0.25, 0.3) is 0 Å². The Morgan fingerprint density at radius 2 is 2.00 bits per heavy atom. The Bertz CT molecular complexity index is 413. The predicted molar refractivity (Wildman–Crippen MR) is 77.9 cm³/mol. The van der Waals surface area contributed by atoms with Crippen molar-refractivity contribution in [1.29, 1.82) is 0 Å². The molecule has 1 aromatic carbocycles. The molecule has 19 heavy (non-hydrogen) atoms. The highest BCUT2D eigenvalue weighted by atomic mass is 16.1. The van der Waals surface area contributed by atoms with Gasteiger partial charge in [-0.2, -0.15) is 0 Å². The number of hydrogen-bond donors (Lipinski definition) is 1. The second-order valence-corrected chi connectivity index (χ2v) is 5.64. The van der Waals surface area contributed by atoms with E-state index in [9.17, 15) is 4.79 Å². The molecular formula is C16H24N2O. The molecule has 1 fully saturated rings. The molecule has 0 spiro atoms. The SMILES string of the molecule is CNCc1ccc(CN2CCC(CC(C)=O)C2)cc1. The van der Waals surface area contributed by atoms with Gasteiger partial charge in [-0.05, 0) is 44.0 Å². The van der Waals surface area contributed by atoms with Crippen LogP contribution in [0, 0.1) is 5.92 Å². The van der Waals surface area contributed by atoms with Crippen LogP contribution in [0.3, 0.4) is 0 Å². The van der Waals surface area contributed by atoms with Crippen molar-refractivity contribution in [2.24, 2.45) is 5.92 Å². The maximum atomic E-state index is 11.1. The monoisotopic (exact) mass is 260 g/mol. The molecule has 0 radical (unpaired) electrons. The molecule has 104 valence electrons. The molecule has 1 aliphatic heterocycles. The summed E-state index contributed by atoms with van der Waals surface area (Å²) >= 11 is 0. The van der Waals surface area contributed by atoms with Gasteiger partial charge in [0.15, 0.2) is 0 Å². The number of Topliss-reactive ketones (excluding diaryl/α,β-unsaturated/α-hetero) is 1. The number of benzene rings is 1. The highest BCUT2D eigenvalue weighted by molar-refractivity contribution is 5.75. The number of carbonyl (C=O) groups is 1. The number of ketones is 1. The lowest BCUT2D eigenvalue weighted by atomic mass is 10.0. The Labute approximate surface area is 116 Å². The minimum Gasteiger partial charge on any atom is -0.316 e. The van der Waals surface area contributed by atoms with Crippen LogP contribution in [0.5, 0.6) is 0 Å². The molecule has 1 saturated heterocycles. The molecule has 0 amide bonds. The highest BCUT2D eigenvalue weighted by Gasteiger charge is 2.23. The fourth-order valence-corrected chi connectivity index (χ4v) is 2.85. The van der Waals surface area contributed by atoms with Crippen molar-refractivity contribution in [2.45, 2.75) is 32.9 Å². The summed E-state index contributed by atoms with van der Waals surface area (Å²) < 4.78 is 0. The van der Waals surface area contributed by atoms with Crippen LogP contribution >= 0.6 is 0 Å². The summed E-state index contributed by atoms with van der Waals surface area (Å²) in [5.74, 6) is 0.893. The van der Waals surface area contributed by atoms with E-state index in [2.05, 4.69) is 34.5 Å². The summed E-state index contributed by atoms with van der Waals surface area (Å²) in [6.45, 7) is 5.82. The third kappa shape index (κ3) is 4.44. The van der Waals surface area contributed by atoms with Gasteiger partial charge < -0.3 is 10.1 Å². The number of carbonyl (C=O) groups excluding carboxylic acids is 1. The summed E-state index contributed by atoms with van der Waals surface area (Å²) in [7, 11) is 1.97. The van der Waals surface area contributed by atoms with Gasteiger partial charge in [-0.15, -0.1) is 0 Å². The van der Waals surface area contributed by atoms with E-state index in [0.29, 0.717) is 11.7 Å². The van der Waals surface area contributed by atoms with Crippen molar-refractivity contribution in [2.75, 3.05) is 20.1 Å². The molecule has 0 bridgehead atoms. The van der Waals surface area contributed by atoms with Crippen molar-refractivity contribution >= 4 is 5.78 Å². The molecule has 1 unspecified atom stereocenters. The largest absolute Gasteiger partial charge is 0.316 e. The smallest absolute Gasteiger partial charge is 0.130 e. The van der Waals surface area contributed by atoms with E-state index >= 15 is 0 Å². The first-order chi connectivity index (χ1) is 9.17. The lowest BCUT2D eigenvalue weighted by Gasteiger charge is -2.16. The van der Waals surface area contributed by atoms with Crippen LogP contribution < -0.4 is 5.32 Å². The first kappa shape index (κ1) is 14.2. The summed E-state index contributed by atoms with van der Waals surface area (Å²) in [4.78, 5) is 13.6. The van der Waals surface area contributed by atoms with Crippen LogP contribution in [0.4, 0.5) is 0 Å². The van der Waals surface area contributed by atoms with Crippen LogP contribution in [0.2, 0.25) is 0 Å². The number of hydrogen-bond acceptors (Lipinski definition) is 3. The van der Waals surface area contributed by atoms with Gasteiger partial charge >= 0.3 is 0 Å². The lowest BCUT2D eigenvalue weighted by Crippen LogP contribution is -2.20. The van der Waals surface area contributed by atoms with Crippen molar-refractivity contribution < 1.29 is 4.79 Å². The molecule has 2 rings (SSSR count). The van der Waals surface area contributed by atoms with Crippen LogP contribution in [-0.4, -0.2) is 30.8 Å². The lowest BCUT2D eigenvalue weighted by molar-refractivity contribution is -0.117. The number of nitrogens with zero attached hydrogens (tertiary/aromatic N) is 1. The van der Waals surface area contributed by atoms with Gasteiger partial charge in [0.05, 0.1) is 0 Å². The van der Waals surface area contributed by atoms with Crippen molar-refractivity contribution in [3.63, 3.8) is 0 Å². The van der Waals surface area contributed by atoms with E-state index in [1.807, 2.05) is 7.05 Å². The molecule has 0 aromatic heterocycles. The van der Waals surface area contributed by atoms with Crippen LogP contribution in [0.25, 0.3) is 0 Å². The summed E-state index contributed by atoms with van der Waals surface area (Å²) in [5, 5.41) is 3.16. The Hall–Kier alpha value is -1.19. The summed E-state index contributed by atoms with van der Waals surface area (Å²) in [6, 6.07) is 8.81. The van der Waals surface area contributed by atoms with E-state index in [1.54, 1.807) is 6.92 Å². The molecule has 3 nitrogen and oxygen atoms in total. The first-order valence-corrected chi connectivity index (χ1v) is 7.11. The Morgan fingerprint density at radius 1 is 1.32 bits per heavy atom. The Kier molecular flexibility index (Phi) is 5.11. The fraction of sp³-hybridized carbons (Fsp3) is 0.562. The zero-order valence-electron chi connectivity index (χ0n) is 12.0. The van der Waals surface area contributed by atoms with Crippen molar-refractivity contribution in [1.82, 2.24) is 10.2 Å². The van der Waals surface area contributed by atoms with E-state index in [1.165, 1.54) is 11.1 Å². The van der Waals surface area contributed by atoms with Crippen molar-refractivity contribution in [3.8, 4) is 0 Å². The van der Waals surface area contributed by atoms with Gasteiger partial charge in [0, 0.05) is 26.1 Å². The third-order valence-electron chi connectivity index (χ3n) is 3.76. The maximum absolute atomic E-state index is 11.1. The molecule has 0 saturated carbocycles. The second kappa shape index (κ2) is 6.83. The standard InChI is InChI=1S/C16H24N2O/c1-13(19)9-16-7-8-18(12-16)11-15-5-3-14(4-6-15)10-17-2/h3-6,16-17H,7-12H2,1-2H3. The minimum atomic E-state index is 0.322. The van der Waals surface area contributed by atoms with Gasteiger partial charge in [-0.1, -0.05) is 24.3 Å². The summed E-state index contributed by atoms with van der Waals surface area (Å²) in [5.41, 5.74) is 2.69. The average Bonchev–Trinajstić information content (AvgIpc) is 2.78.